The third-order valence-electron chi connectivity index (χ3n) is 1.62. The Morgan fingerprint density at radius 1 is 0.857 bits per heavy atom. The second-order valence-electron chi connectivity index (χ2n) is 2.56. The highest BCUT2D eigenvalue weighted by Gasteiger charge is 2.09. The maximum atomic E-state index is 12.8. The Kier molecular flexibility index (Phi) is 2.25. The Balaban J connectivity index is 2.83. The van der Waals surface area contributed by atoms with Gasteiger partial charge in [0.25, 0.3) is 0 Å². The first-order chi connectivity index (χ1) is 6.58. The van der Waals surface area contributed by atoms with Crippen molar-refractivity contribution in [3.05, 3.63) is 34.1 Å². The Morgan fingerprint density at radius 2 is 1.21 bits per heavy atom. The molecule has 0 saturated carbocycles. The minimum atomic E-state index is -0.995. The molecule has 1 heterocycles. The van der Waals surface area contributed by atoms with Crippen molar-refractivity contribution in [1.29, 1.82) is 0 Å². The largest absolute Gasteiger partial charge is 0.231 e. The average Bonchev–Trinajstić information content (AvgIpc) is 2.11. The van der Waals surface area contributed by atoms with Crippen molar-refractivity contribution in [3.63, 3.8) is 0 Å². The molecule has 0 atom stereocenters. The maximum absolute atomic E-state index is 12.8. The first-order valence-corrected chi connectivity index (χ1v) is 4.31. The number of rotatable bonds is 0. The van der Waals surface area contributed by atoms with Crippen LogP contribution in [0.3, 0.4) is 0 Å². The highest BCUT2D eigenvalue weighted by molar-refractivity contribution is 6.40. The summed E-state index contributed by atoms with van der Waals surface area (Å²) in [5.74, 6) is -1.99. The molecule has 0 bridgehead atoms. The van der Waals surface area contributed by atoms with Crippen LogP contribution in [0.2, 0.25) is 10.3 Å². The van der Waals surface area contributed by atoms with Gasteiger partial charge in [-0.25, -0.2) is 18.7 Å². The number of fused-ring (bicyclic) bond motifs is 1. The molecule has 0 unspecified atom stereocenters. The molecule has 0 saturated heterocycles. The molecule has 0 aliphatic carbocycles. The van der Waals surface area contributed by atoms with Crippen molar-refractivity contribution in [3.8, 4) is 0 Å². The summed E-state index contributed by atoms with van der Waals surface area (Å²) in [6, 6.07) is 1.83. The van der Waals surface area contributed by atoms with Gasteiger partial charge in [-0.15, -0.1) is 0 Å². The first kappa shape index (κ1) is 9.55. The minimum absolute atomic E-state index is 0.0369. The van der Waals surface area contributed by atoms with E-state index in [4.69, 9.17) is 23.2 Å². The fourth-order valence-corrected chi connectivity index (χ4v) is 1.28. The fraction of sp³-hybridized carbons (Fsp3) is 0. The van der Waals surface area contributed by atoms with Gasteiger partial charge in [0.1, 0.15) is 0 Å². The molecule has 0 fully saturated rings. The van der Waals surface area contributed by atoms with E-state index in [0.29, 0.717) is 0 Å². The summed E-state index contributed by atoms with van der Waals surface area (Å²) in [6.07, 6.45) is 0. The molecule has 14 heavy (non-hydrogen) atoms. The first-order valence-electron chi connectivity index (χ1n) is 3.56. The Hall–Kier alpha value is -1.00. The molecule has 1 aromatic heterocycles. The number of aromatic nitrogens is 2. The molecule has 0 N–H and O–H groups in total. The number of hydrogen-bond acceptors (Lipinski definition) is 2. The highest BCUT2D eigenvalue weighted by atomic mass is 35.5. The van der Waals surface area contributed by atoms with Crippen molar-refractivity contribution >= 4 is 34.2 Å². The van der Waals surface area contributed by atoms with Crippen molar-refractivity contribution in [2.75, 3.05) is 0 Å². The maximum Gasteiger partial charge on any atom is 0.167 e. The molecular formula is C8H2Cl2F2N2. The van der Waals surface area contributed by atoms with Gasteiger partial charge in [0.05, 0.1) is 11.0 Å². The van der Waals surface area contributed by atoms with E-state index in [1.807, 2.05) is 0 Å². The summed E-state index contributed by atoms with van der Waals surface area (Å²) in [5, 5.41) is -0.0738. The van der Waals surface area contributed by atoms with Crippen LogP contribution in [0, 0.1) is 11.6 Å². The molecule has 6 heteroatoms. The molecule has 0 spiro atoms. The van der Waals surface area contributed by atoms with E-state index in [1.54, 1.807) is 0 Å². The second-order valence-corrected chi connectivity index (χ2v) is 3.28. The topological polar surface area (TPSA) is 25.8 Å². The smallest absolute Gasteiger partial charge is 0.167 e. The molecule has 2 aromatic rings. The molecule has 72 valence electrons. The predicted molar refractivity (Wildman–Crippen MR) is 49.5 cm³/mol. The minimum Gasteiger partial charge on any atom is -0.231 e. The van der Waals surface area contributed by atoms with Crippen LogP contribution in [0.15, 0.2) is 12.1 Å². The van der Waals surface area contributed by atoms with E-state index in [2.05, 4.69) is 9.97 Å². The van der Waals surface area contributed by atoms with E-state index in [1.165, 1.54) is 0 Å². The van der Waals surface area contributed by atoms with Gasteiger partial charge in [-0.05, 0) is 0 Å². The Morgan fingerprint density at radius 3 is 1.57 bits per heavy atom. The van der Waals surface area contributed by atoms with E-state index in [0.717, 1.165) is 12.1 Å². The van der Waals surface area contributed by atoms with Crippen molar-refractivity contribution in [1.82, 2.24) is 9.97 Å². The monoisotopic (exact) mass is 234 g/mol. The van der Waals surface area contributed by atoms with Crippen LogP contribution in [0.5, 0.6) is 0 Å². The van der Waals surface area contributed by atoms with Crippen LogP contribution >= 0.6 is 23.2 Å². The summed E-state index contributed by atoms with van der Waals surface area (Å²) in [4.78, 5) is 7.48. The number of halogens is 4. The fourth-order valence-electron chi connectivity index (χ4n) is 1.01. The van der Waals surface area contributed by atoms with Crippen molar-refractivity contribution < 1.29 is 8.78 Å². The standard InChI is InChI=1S/C8H2Cl2F2N2/c9-7-8(10)14-6-2-4(12)3(11)1-5(6)13-7/h1-2H. The summed E-state index contributed by atoms with van der Waals surface area (Å²) < 4.78 is 25.5. The van der Waals surface area contributed by atoms with Crippen LogP contribution in [0.25, 0.3) is 11.0 Å². The lowest BCUT2D eigenvalue weighted by molar-refractivity contribution is 0.510. The zero-order valence-electron chi connectivity index (χ0n) is 6.56. The van der Waals surface area contributed by atoms with Crippen LogP contribution in [-0.2, 0) is 0 Å². The molecule has 2 rings (SSSR count). The van der Waals surface area contributed by atoms with Gasteiger partial charge >= 0.3 is 0 Å². The summed E-state index contributed by atoms with van der Waals surface area (Å²) >= 11 is 11.1. The molecule has 0 aliphatic rings. The van der Waals surface area contributed by atoms with E-state index < -0.39 is 11.6 Å². The lowest BCUT2D eigenvalue weighted by Crippen LogP contribution is -1.91. The number of nitrogens with zero attached hydrogens (tertiary/aromatic N) is 2. The van der Waals surface area contributed by atoms with Crippen LogP contribution < -0.4 is 0 Å². The molecule has 0 amide bonds. The number of hydrogen-bond donors (Lipinski definition) is 0. The van der Waals surface area contributed by atoms with Gasteiger partial charge in [0.2, 0.25) is 0 Å². The molecule has 0 radical (unpaired) electrons. The van der Waals surface area contributed by atoms with Gasteiger partial charge in [0.15, 0.2) is 21.9 Å². The van der Waals surface area contributed by atoms with Gasteiger partial charge in [-0.3, -0.25) is 0 Å². The van der Waals surface area contributed by atoms with Gasteiger partial charge in [-0.2, -0.15) is 0 Å². The highest BCUT2D eigenvalue weighted by Crippen LogP contribution is 2.22. The SMILES string of the molecule is Fc1cc2nc(Cl)c(Cl)nc2cc1F. The van der Waals surface area contributed by atoms with Gasteiger partial charge in [0, 0.05) is 12.1 Å². The molecule has 1 aromatic carbocycles. The van der Waals surface area contributed by atoms with E-state index in [-0.39, 0.29) is 21.3 Å². The van der Waals surface area contributed by atoms with E-state index >= 15 is 0 Å². The van der Waals surface area contributed by atoms with Crippen molar-refractivity contribution in [2.24, 2.45) is 0 Å². The third-order valence-corrected chi connectivity index (χ3v) is 2.25. The quantitative estimate of drug-likeness (QED) is 0.700. The van der Waals surface area contributed by atoms with Crippen LogP contribution in [-0.4, -0.2) is 9.97 Å². The summed E-state index contributed by atoms with van der Waals surface area (Å²) in [7, 11) is 0. The lowest BCUT2D eigenvalue weighted by Gasteiger charge is -1.99. The predicted octanol–water partition coefficient (Wildman–Crippen LogP) is 3.21. The Labute approximate surface area is 87.5 Å². The third kappa shape index (κ3) is 1.51. The summed E-state index contributed by atoms with van der Waals surface area (Å²) in [5.41, 5.74) is 0.330. The van der Waals surface area contributed by atoms with Crippen LogP contribution in [0.4, 0.5) is 8.78 Å². The zero-order valence-corrected chi connectivity index (χ0v) is 8.07. The zero-order chi connectivity index (χ0) is 10.3. The van der Waals surface area contributed by atoms with Gasteiger partial charge < -0.3 is 0 Å². The lowest BCUT2D eigenvalue weighted by atomic mass is 10.3. The van der Waals surface area contributed by atoms with Gasteiger partial charge in [-0.1, -0.05) is 23.2 Å². The normalized spacial score (nSPS) is 10.9. The van der Waals surface area contributed by atoms with Crippen LogP contribution in [0.1, 0.15) is 0 Å². The van der Waals surface area contributed by atoms with Crippen molar-refractivity contribution in [2.45, 2.75) is 0 Å². The average molecular weight is 235 g/mol. The van der Waals surface area contributed by atoms with E-state index in [9.17, 15) is 8.78 Å². The number of benzene rings is 1. The molecular weight excluding hydrogens is 233 g/mol. The second kappa shape index (κ2) is 3.29. The Bertz CT molecular complexity index is 427. The molecule has 0 aliphatic heterocycles. The molecule has 2 nitrogen and oxygen atoms in total. The summed E-state index contributed by atoms with van der Waals surface area (Å²) in [6.45, 7) is 0.